The first-order chi connectivity index (χ1) is 13.7. The van der Waals surface area contributed by atoms with Crippen LogP contribution in [-0.2, 0) is 22.4 Å². The number of thiophene rings is 1. The van der Waals surface area contributed by atoms with E-state index in [1.165, 1.54) is 22.3 Å². The van der Waals surface area contributed by atoms with E-state index >= 15 is 0 Å². The van der Waals surface area contributed by atoms with E-state index in [4.69, 9.17) is 16.3 Å². The number of esters is 1. The van der Waals surface area contributed by atoms with E-state index < -0.39 is 18.5 Å². The molecule has 0 bridgehead atoms. The number of benzene rings is 1. The van der Waals surface area contributed by atoms with Crippen molar-refractivity contribution in [1.82, 2.24) is 0 Å². The topological polar surface area (TPSA) is 79.2 Å². The highest BCUT2D eigenvalue weighted by Crippen LogP contribution is 2.43. The molecule has 1 N–H and O–H groups in total. The van der Waals surface area contributed by atoms with Crippen LogP contribution in [0.25, 0.3) is 0 Å². The highest BCUT2D eigenvalue weighted by molar-refractivity contribution is 7.16. The lowest BCUT2D eigenvalue weighted by Gasteiger charge is -2.33. The summed E-state index contributed by atoms with van der Waals surface area (Å²) in [6.45, 7) is 6.28. The van der Waals surface area contributed by atoms with Crippen molar-refractivity contribution in [3.8, 4) is 6.07 Å². The van der Waals surface area contributed by atoms with Crippen molar-refractivity contribution < 1.29 is 14.3 Å². The van der Waals surface area contributed by atoms with Crippen LogP contribution < -0.4 is 5.32 Å². The molecule has 2 aromatic rings. The summed E-state index contributed by atoms with van der Waals surface area (Å²) in [5, 5.41) is 13.3. The molecule has 0 fully saturated rings. The highest BCUT2D eigenvalue weighted by atomic mass is 35.5. The lowest BCUT2D eigenvalue weighted by molar-refractivity contribution is -0.119. The number of nitriles is 1. The number of anilines is 1. The minimum Gasteiger partial charge on any atom is -0.452 e. The summed E-state index contributed by atoms with van der Waals surface area (Å²) >= 11 is 7.32. The maximum Gasteiger partial charge on any atom is 0.338 e. The van der Waals surface area contributed by atoms with Crippen molar-refractivity contribution >= 4 is 39.8 Å². The smallest absolute Gasteiger partial charge is 0.338 e. The lowest BCUT2D eigenvalue weighted by Crippen LogP contribution is -2.26. The van der Waals surface area contributed by atoms with Gasteiger partial charge in [0.25, 0.3) is 5.91 Å². The third-order valence-electron chi connectivity index (χ3n) is 5.25. The Kier molecular flexibility index (Phi) is 6.30. The number of carbonyl (C=O) groups excluding carboxylic acids is 2. The van der Waals surface area contributed by atoms with Gasteiger partial charge in [0, 0.05) is 9.90 Å². The van der Waals surface area contributed by atoms with Gasteiger partial charge in [0.15, 0.2) is 6.61 Å². The maximum absolute atomic E-state index is 12.3. The second-order valence-electron chi connectivity index (χ2n) is 8.26. The van der Waals surface area contributed by atoms with Crippen LogP contribution in [0.15, 0.2) is 24.3 Å². The minimum atomic E-state index is -0.623. The summed E-state index contributed by atoms with van der Waals surface area (Å²) in [6, 6.07) is 8.57. The average molecular weight is 431 g/mol. The Hall–Kier alpha value is -2.36. The Bertz CT molecular complexity index is 985. The van der Waals surface area contributed by atoms with Gasteiger partial charge in [0.05, 0.1) is 11.1 Å². The normalized spacial score (nSPS) is 15.9. The number of hydrogen-bond acceptors (Lipinski definition) is 5. The molecule has 29 heavy (non-hydrogen) atoms. The quantitative estimate of drug-likeness (QED) is 0.674. The summed E-state index contributed by atoms with van der Waals surface area (Å²) in [7, 11) is 0. The number of rotatable bonds is 4. The first-order valence-electron chi connectivity index (χ1n) is 9.46. The maximum atomic E-state index is 12.3. The zero-order chi connectivity index (χ0) is 21.2. The van der Waals surface area contributed by atoms with Crippen LogP contribution in [0.4, 0.5) is 5.00 Å². The fourth-order valence-electron chi connectivity index (χ4n) is 3.52. The molecule has 0 radical (unpaired) electrons. The molecule has 1 heterocycles. The third kappa shape index (κ3) is 4.98. The first kappa shape index (κ1) is 21.4. The largest absolute Gasteiger partial charge is 0.452 e. The molecule has 1 aliphatic carbocycles. The molecule has 3 rings (SSSR count). The average Bonchev–Trinajstić information content (AvgIpc) is 3.01. The number of amides is 1. The summed E-state index contributed by atoms with van der Waals surface area (Å²) in [5.74, 6) is -0.549. The van der Waals surface area contributed by atoms with Crippen LogP contribution in [0.5, 0.6) is 0 Å². The van der Waals surface area contributed by atoms with Crippen molar-refractivity contribution in [1.29, 1.82) is 5.26 Å². The fraction of sp³-hybridized carbons (Fsp3) is 0.409. The van der Waals surface area contributed by atoms with Crippen LogP contribution in [0, 0.1) is 22.7 Å². The predicted molar refractivity (Wildman–Crippen MR) is 114 cm³/mol. The summed E-state index contributed by atoms with van der Waals surface area (Å²) < 4.78 is 5.07. The number of fused-ring (bicyclic) bond motifs is 1. The van der Waals surface area contributed by atoms with Crippen molar-refractivity contribution in [2.45, 2.75) is 40.0 Å². The number of nitrogens with zero attached hydrogens (tertiary/aromatic N) is 1. The molecule has 7 heteroatoms. The van der Waals surface area contributed by atoms with E-state index in [2.05, 4.69) is 32.2 Å². The number of nitrogens with one attached hydrogen (secondary N) is 1. The van der Waals surface area contributed by atoms with E-state index in [-0.39, 0.29) is 11.0 Å². The Morgan fingerprint density at radius 2 is 2.14 bits per heavy atom. The predicted octanol–water partition coefficient (Wildman–Crippen LogP) is 5.22. The molecule has 1 aromatic heterocycles. The number of carbonyl (C=O) groups is 2. The van der Waals surface area contributed by atoms with E-state index in [1.54, 1.807) is 18.2 Å². The summed E-state index contributed by atoms with van der Waals surface area (Å²) in [4.78, 5) is 25.5. The minimum absolute atomic E-state index is 0.201. The van der Waals surface area contributed by atoms with Gasteiger partial charge in [0.1, 0.15) is 11.1 Å². The van der Waals surface area contributed by atoms with Crippen molar-refractivity contribution in [3.63, 3.8) is 0 Å². The number of halogens is 1. The molecule has 0 unspecified atom stereocenters. The van der Waals surface area contributed by atoms with Gasteiger partial charge in [-0.2, -0.15) is 5.26 Å². The molecule has 0 saturated carbocycles. The van der Waals surface area contributed by atoms with Crippen molar-refractivity contribution in [3.05, 3.63) is 50.9 Å². The molecule has 0 aliphatic heterocycles. The van der Waals surface area contributed by atoms with Crippen LogP contribution in [0.2, 0.25) is 5.02 Å². The van der Waals surface area contributed by atoms with Gasteiger partial charge in [0.2, 0.25) is 0 Å². The summed E-state index contributed by atoms with van der Waals surface area (Å²) in [6.07, 6.45) is 2.79. The molecule has 1 aliphatic rings. The molecular formula is C22H23ClN2O3S. The number of ether oxygens (including phenoxy) is 1. The van der Waals surface area contributed by atoms with Crippen LogP contribution in [0.1, 0.15) is 53.6 Å². The molecule has 152 valence electrons. The van der Waals surface area contributed by atoms with Gasteiger partial charge in [-0.15, -0.1) is 11.3 Å². The molecular weight excluding hydrogens is 408 g/mol. The second kappa shape index (κ2) is 8.56. The zero-order valence-electron chi connectivity index (χ0n) is 16.7. The van der Waals surface area contributed by atoms with Gasteiger partial charge in [-0.25, -0.2) is 4.79 Å². The Morgan fingerprint density at radius 1 is 1.38 bits per heavy atom. The molecule has 1 atom stereocenters. The SMILES string of the molecule is CC(C)(C)[C@H]1CCc2c(sc(NC(=O)COC(=O)c3cccc(Cl)c3)c2C#N)C1. The van der Waals surface area contributed by atoms with Gasteiger partial charge >= 0.3 is 5.97 Å². The first-order valence-corrected chi connectivity index (χ1v) is 10.7. The van der Waals surface area contributed by atoms with Gasteiger partial charge in [-0.1, -0.05) is 38.4 Å². The highest BCUT2D eigenvalue weighted by Gasteiger charge is 2.32. The second-order valence-corrected chi connectivity index (χ2v) is 9.80. The van der Waals surface area contributed by atoms with Gasteiger partial charge in [-0.05, 0) is 54.4 Å². The molecule has 0 saturated heterocycles. The van der Waals surface area contributed by atoms with Crippen LogP contribution in [0.3, 0.4) is 0 Å². The fourth-order valence-corrected chi connectivity index (χ4v) is 5.01. The van der Waals surface area contributed by atoms with Gasteiger partial charge in [-0.3, -0.25) is 4.79 Å². The Labute approximate surface area is 179 Å². The van der Waals surface area contributed by atoms with E-state index in [9.17, 15) is 14.9 Å². The third-order valence-corrected chi connectivity index (χ3v) is 6.65. The van der Waals surface area contributed by atoms with E-state index in [1.807, 2.05) is 0 Å². The lowest BCUT2D eigenvalue weighted by atomic mass is 9.72. The zero-order valence-corrected chi connectivity index (χ0v) is 18.2. The van der Waals surface area contributed by atoms with E-state index in [0.29, 0.717) is 21.5 Å². The van der Waals surface area contributed by atoms with Gasteiger partial charge < -0.3 is 10.1 Å². The summed E-state index contributed by atoms with van der Waals surface area (Å²) in [5.41, 5.74) is 2.06. The molecule has 5 nitrogen and oxygen atoms in total. The van der Waals surface area contributed by atoms with Crippen LogP contribution in [-0.4, -0.2) is 18.5 Å². The van der Waals surface area contributed by atoms with E-state index in [0.717, 1.165) is 24.8 Å². The molecule has 0 spiro atoms. The standard InChI is InChI=1S/C22H23ClN2O3S/c1-22(2,3)14-7-8-16-17(11-24)20(29-18(16)10-14)25-19(26)12-28-21(27)13-5-4-6-15(23)9-13/h4-6,9,14H,7-8,10,12H2,1-3H3,(H,25,26)/t14-/m0/s1. The Morgan fingerprint density at radius 3 is 2.79 bits per heavy atom. The van der Waals surface area contributed by atoms with Crippen LogP contribution >= 0.6 is 22.9 Å². The van der Waals surface area contributed by atoms with Crippen molar-refractivity contribution in [2.75, 3.05) is 11.9 Å². The van der Waals surface area contributed by atoms with Crippen molar-refractivity contribution in [2.24, 2.45) is 11.3 Å². The number of hydrogen-bond donors (Lipinski definition) is 1. The monoisotopic (exact) mass is 430 g/mol. The molecule has 1 aromatic carbocycles. The molecule has 1 amide bonds. The Balaban J connectivity index is 1.66.